The number of carboxylic acid groups (broad SMARTS) is 1. The lowest BCUT2D eigenvalue weighted by Crippen LogP contribution is -2.31. The first-order valence-corrected chi connectivity index (χ1v) is 7.29. The van der Waals surface area contributed by atoms with Crippen LogP contribution < -0.4 is 5.32 Å². The summed E-state index contributed by atoms with van der Waals surface area (Å²) in [4.78, 5) is 11.4. The Bertz CT molecular complexity index is 643. The Kier molecular flexibility index (Phi) is 4.89. The lowest BCUT2D eigenvalue weighted by molar-refractivity contribution is -0.137. The molecule has 2 aromatic rings. The Hall–Kier alpha value is -1.96. The molecule has 1 atom stereocenters. The average Bonchev–Trinajstić information content (AvgIpc) is 2.44. The molecule has 0 bridgehead atoms. The van der Waals surface area contributed by atoms with Gasteiger partial charge in [-0.2, -0.15) is 0 Å². The van der Waals surface area contributed by atoms with Gasteiger partial charge >= 0.3 is 5.97 Å². The quantitative estimate of drug-likeness (QED) is 0.459. The maximum absolute atomic E-state index is 11.4. The van der Waals surface area contributed by atoms with E-state index in [1.165, 1.54) is 18.2 Å². The molecule has 0 aromatic heterocycles. The Morgan fingerprint density at radius 1 is 1.14 bits per heavy atom. The lowest BCUT2D eigenvalue weighted by atomic mass is 10.1. The van der Waals surface area contributed by atoms with Crippen LogP contribution >= 0.6 is 22.6 Å². The Balaban J connectivity index is 2.13. The summed E-state index contributed by atoms with van der Waals surface area (Å²) < 4.78 is 0.645. The highest BCUT2D eigenvalue weighted by molar-refractivity contribution is 14.1. The van der Waals surface area contributed by atoms with E-state index >= 15 is 0 Å². The van der Waals surface area contributed by atoms with Gasteiger partial charge in [-0.05, 0) is 58.5 Å². The van der Waals surface area contributed by atoms with Gasteiger partial charge in [0.15, 0.2) is 0 Å². The van der Waals surface area contributed by atoms with E-state index in [4.69, 9.17) is 0 Å². The van der Waals surface area contributed by atoms with Crippen molar-refractivity contribution in [2.24, 2.45) is 0 Å². The second-order valence-electron chi connectivity index (χ2n) is 4.57. The standard InChI is InChI=1S/C15H14INO4/c16-12-8-10(3-6-14(12)19)17-13(15(20)21)7-9-1-4-11(18)5-2-9/h1-6,8,13,17-19H,7H2,(H,20,21)/t13-/m0/s1. The van der Waals surface area contributed by atoms with Gasteiger partial charge in [-0.1, -0.05) is 12.1 Å². The number of aromatic hydroxyl groups is 2. The number of carboxylic acids is 1. The zero-order chi connectivity index (χ0) is 15.4. The molecule has 0 radical (unpaired) electrons. The fourth-order valence-electron chi connectivity index (χ4n) is 1.87. The number of halogens is 1. The number of hydrogen-bond acceptors (Lipinski definition) is 4. The molecule has 0 aliphatic carbocycles. The van der Waals surface area contributed by atoms with Crippen LogP contribution in [0.1, 0.15) is 5.56 Å². The molecule has 2 aromatic carbocycles. The van der Waals surface area contributed by atoms with E-state index in [9.17, 15) is 20.1 Å². The number of nitrogens with one attached hydrogen (secondary N) is 1. The van der Waals surface area contributed by atoms with Gasteiger partial charge in [0.25, 0.3) is 0 Å². The third kappa shape index (κ3) is 4.25. The molecular formula is C15H14INO4. The van der Waals surface area contributed by atoms with Gasteiger partial charge in [0.05, 0.1) is 3.57 Å². The zero-order valence-electron chi connectivity index (χ0n) is 11.0. The lowest BCUT2D eigenvalue weighted by Gasteiger charge is -2.16. The summed E-state index contributed by atoms with van der Waals surface area (Å²) in [6.45, 7) is 0. The molecule has 0 aliphatic rings. The molecular weight excluding hydrogens is 385 g/mol. The van der Waals surface area contributed by atoms with E-state index in [1.54, 1.807) is 24.3 Å². The van der Waals surface area contributed by atoms with Crippen molar-refractivity contribution >= 4 is 34.2 Å². The van der Waals surface area contributed by atoms with Gasteiger partial charge in [-0.25, -0.2) is 4.79 Å². The number of hydrogen-bond donors (Lipinski definition) is 4. The monoisotopic (exact) mass is 399 g/mol. The van der Waals surface area contributed by atoms with E-state index in [-0.39, 0.29) is 17.9 Å². The minimum Gasteiger partial charge on any atom is -0.508 e. The molecule has 0 heterocycles. The number of carbonyl (C=O) groups is 1. The number of benzene rings is 2. The molecule has 0 spiro atoms. The van der Waals surface area contributed by atoms with Gasteiger partial charge in [0.2, 0.25) is 0 Å². The molecule has 0 amide bonds. The molecule has 0 saturated heterocycles. The largest absolute Gasteiger partial charge is 0.508 e. The summed E-state index contributed by atoms with van der Waals surface area (Å²) in [5.74, 6) is -0.663. The van der Waals surface area contributed by atoms with E-state index in [0.717, 1.165) is 5.56 Å². The van der Waals surface area contributed by atoms with Gasteiger partial charge in [0.1, 0.15) is 17.5 Å². The molecule has 21 heavy (non-hydrogen) atoms. The Labute approximate surface area is 135 Å². The predicted molar refractivity (Wildman–Crippen MR) is 87.7 cm³/mol. The Morgan fingerprint density at radius 2 is 1.81 bits per heavy atom. The van der Waals surface area contributed by atoms with Crippen LogP contribution in [0.5, 0.6) is 11.5 Å². The molecule has 6 heteroatoms. The highest BCUT2D eigenvalue weighted by atomic mass is 127. The van der Waals surface area contributed by atoms with E-state index in [1.807, 2.05) is 22.6 Å². The average molecular weight is 399 g/mol. The van der Waals surface area contributed by atoms with Crippen LogP contribution in [0.15, 0.2) is 42.5 Å². The second-order valence-corrected chi connectivity index (χ2v) is 5.73. The molecule has 0 fully saturated rings. The molecule has 0 unspecified atom stereocenters. The highest BCUT2D eigenvalue weighted by Crippen LogP contribution is 2.24. The van der Waals surface area contributed by atoms with Crippen molar-refractivity contribution in [3.8, 4) is 11.5 Å². The number of aliphatic carboxylic acids is 1. The summed E-state index contributed by atoms with van der Waals surface area (Å²) in [6.07, 6.45) is 0.285. The molecule has 4 N–H and O–H groups in total. The van der Waals surface area contributed by atoms with Crippen LogP contribution in [-0.2, 0) is 11.2 Å². The van der Waals surface area contributed by atoms with E-state index in [0.29, 0.717) is 9.26 Å². The Morgan fingerprint density at radius 3 is 2.38 bits per heavy atom. The van der Waals surface area contributed by atoms with Crippen molar-refractivity contribution in [3.05, 3.63) is 51.6 Å². The second kappa shape index (κ2) is 6.66. The predicted octanol–water partition coefficient (Wildman–Crippen LogP) is 2.81. The third-order valence-corrected chi connectivity index (χ3v) is 3.83. The molecule has 2 rings (SSSR count). The van der Waals surface area contributed by atoms with E-state index < -0.39 is 12.0 Å². The molecule has 110 valence electrons. The summed E-state index contributed by atoms with van der Waals surface area (Å²) >= 11 is 1.98. The van der Waals surface area contributed by atoms with Crippen LogP contribution in [-0.4, -0.2) is 27.3 Å². The van der Waals surface area contributed by atoms with Gasteiger partial charge in [0, 0.05) is 12.1 Å². The normalized spacial score (nSPS) is 11.9. The summed E-state index contributed by atoms with van der Waals surface area (Å²) in [5.41, 5.74) is 1.43. The minimum absolute atomic E-state index is 0.145. The fraction of sp³-hybridized carbons (Fsp3) is 0.133. The SMILES string of the molecule is O=C(O)[C@H](Cc1ccc(O)cc1)Nc1ccc(O)c(I)c1. The molecule has 0 aliphatic heterocycles. The highest BCUT2D eigenvalue weighted by Gasteiger charge is 2.18. The smallest absolute Gasteiger partial charge is 0.326 e. The maximum Gasteiger partial charge on any atom is 0.326 e. The minimum atomic E-state index is -0.967. The van der Waals surface area contributed by atoms with Crippen molar-refractivity contribution in [2.45, 2.75) is 12.5 Å². The van der Waals surface area contributed by atoms with Crippen LogP contribution in [0.25, 0.3) is 0 Å². The first kappa shape index (κ1) is 15.4. The number of anilines is 1. The van der Waals surface area contributed by atoms with Crippen molar-refractivity contribution in [2.75, 3.05) is 5.32 Å². The maximum atomic E-state index is 11.4. The van der Waals surface area contributed by atoms with Crippen molar-refractivity contribution < 1.29 is 20.1 Å². The van der Waals surface area contributed by atoms with Gasteiger partial charge < -0.3 is 20.6 Å². The third-order valence-electron chi connectivity index (χ3n) is 2.96. The topological polar surface area (TPSA) is 89.8 Å². The first-order chi connectivity index (χ1) is 9.95. The van der Waals surface area contributed by atoms with Crippen LogP contribution in [0.4, 0.5) is 5.69 Å². The van der Waals surface area contributed by atoms with Crippen molar-refractivity contribution in [3.63, 3.8) is 0 Å². The number of phenols is 2. The summed E-state index contributed by atoms with van der Waals surface area (Å²) in [6, 6.07) is 10.5. The molecule has 0 saturated carbocycles. The van der Waals surface area contributed by atoms with Crippen LogP contribution in [0.3, 0.4) is 0 Å². The van der Waals surface area contributed by atoms with Crippen LogP contribution in [0.2, 0.25) is 0 Å². The summed E-state index contributed by atoms with van der Waals surface area (Å²) in [5, 5.41) is 31.0. The number of phenolic OH excluding ortho intramolecular Hbond substituents is 2. The fourth-order valence-corrected chi connectivity index (χ4v) is 2.38. The van der Waals surface area contributed by atoms with Crippen molar-refractivity contribution in [1.82, 2.24) is 0 Å². The van der Waals surface area contributed by atoms with Gasteiger partial charge in [-0.15, -0.1) is 0 Å². The molecule has 5 nitrogen and oxygen atoms in total. The van der Waals surface area contributed by atoms with E-state index in [2.05, 4.69) is 5.32 Å². The van der Waals surface area contributed by atoms with Crippen molar-refractivity contribution in [1.29, 1.82) is 0 Å². The summed E-state index contributed by atoms with van der Waals surface area (Å²) in [7, 11) is 0. The first-order valence-electron chi connectivity index (χ1n) is 6.21. The zero-order valence-corrected chi connectivity index (χ0v) is 13.1. The van der Waals surface area contributed by atoms with Crippen LogP contribution in [0, 0.1) is 3.57 Å². The van der Waals surface area contributed by atoms with Gasteiger partial charge in [-0.3, -0.25) is 0 Å². The number of rotatable bonds is 5.